The number of phenols is 1. The molecule has 0 bridgehead atoms. The van der Waals surface area contributed by atoms with Gasteiger partial charge in [-0.25, -0.2) is 13.8 Å². The molecule has 1 N–H and O–H groups in total. The monoisotopic (exact) mass is 617 g/mol. The summed E-state index contributed by atoms with van der Waals surface area (Å²) in [6, 6.07) is 7.01. The molecule has 1 amide bonds. The Morgan fingerprint density at radius 3 is 2.52 bits per heavy atom. The van der Waals surface area contributed by atoms with E-state index in [1.807, 2.05) is 13.8 Å². The number of carbonyl (C=O) groups excluding carboxylic acids is 1. The van der Waals surface area contributed by atoms with Gasteiger partial charge in [0.2, 0.25) is 0 Å². The highest BCUT2D eigenvalue weighted by molar-refractivity contribution is 6.37. The van der Waals surface area contributed by atoms with E-state index in [0.717, 1.165) is 10.6 Å². The Morgan fingerprint density at radius 1 is 1.21 bits per heavy atom. The minimum atomic E-state index is -3.26. The number of fused-ring (bicyclic) bond motifs is 1. The molecule has 1 fully saturated rings. The summed E-state index contributed by atoms with van der Waals surface area (Å²) in [6.45, 7) is 3.08. The van der Waals surface area contributed by atoms with Crippen LogP contribution in [0.2, 0.25) is 10.0 Å². The number of hydrogen-bond acceptors (Lipinski definition) is 6. The number of alkyl halides is 1. The third-order valence-electron chi connectivity index (χ3n) is 6.85. The molecule has 13 heteroatoms. The van der Waals surface area contributed by atoms with E-state index in [1.165, 1.54) is 24.4 Å². The van der Waals surface area contributed by atoms with Crippen LogP contribution in [0.4, 0.5) is 8.78 Å². The summed E-state index contributed by atoms with van der Waals surface area (Å²) in [4.78, 5) is 49.4. The molecule has 1 aliphatic rings. The summed E-state index contributed by atoms with van der Waals surface area (Å²) < 4.78 is 48.4. The molecular weight excluding hydrogens is 591 g/mol. The predicted molar refractivity (Wildman–Crippen MR) is 156 cm³/mol. The topological polar surface area (TPSA) is 110 Å². The van der Waals surface area contributed by atoms with Gasteiger partial charge in [-0.15, -0.1) is 0 Å². The third kappa shape index (κ3) is 4.86. The van der Waals surface area contributed by atoms with Crippen molar-refractivity contribution in [3.05, 3.63) is 90.9 Å². The molecule has 218 valence electrons. The molecule has 3 aromatic heterocycles. The number of hydrogen-bond donors (Lipinski definition) is 1. The fourth-order valence-electron chi connectivity index (χ4n) is 4.87. The van der Waals surface area contributed by atoms with Crippen molar-refractivity contribution >= 4 is 40.3 Å². The van der Waals surface area contributed by atoms with Gasteiger partial charge in [-0.1, -0.05) is 49.7 Å². The van der Waals surface area contributed by atoms with Gasteiger partial charge in [0.1, 0.15) is 5.75 Å². The number of nitrogens with zero attached hydrogens (tertiary/aromatic N) is 5. The maximum atomic E-state index is 16.2. The first kappa shape index (κ1) is 26.8. The average Bonchev–Trinajstić information content (AvgIpc) is 2.92. The van der Waals surface area contributed by atoms with Gasteiger partial charge in [-0.3, -0.25) is 28.5 Å². The summed E-state index contributed by atoms with van der Waals surface area (Å²) in [5.41, 5.74) is -5.34. The number of likely N-dealkylation sites (tertiary alicyclic amines) is 1. The van der Waals surface area contributed by atoms with Crippen molar-refractivity contribution in [3.63, 3.8) is 0 Å². The van der Waals surface area contributed by atoms with Gasteiger partial charge < -0.3 is 10.0 Å². The Balaban J connectivity index is 1.90. The van der Waals surface area contributed by atoms with E-state index in [-0.39, 0.29) is 49.8 Å². The first-order valence-electron chi connectivity index (χ1n) is 13.7. The van der Waals surface area contributed by atoms with Crippen molar-refractivity contribution in [3.8, 4) is 22.7 Å². The van der Waals surface area contributed by atoms with Crippen LogP contribution in [-0.2, 0) is 11.3 Å². The van der Waals surface area contributed by atoms with Crippen molar-refractivity contribution in [2.24, 2.45) is 0 Å². The Hall–Kier alpha value is -4.09. The van der Waals surface area contributed by atoms with Gasteiger partial charge in [-0.2, -0.15) is 0 Å². The van der Waals surface area contributed by atoms with Gasteiger partial charge in [0, 0.05) is 6.20 Å². The van der Waals surface area contributed by atoms with Crippen LogP contribution < -0.4 is 11.1 Å². The lowest BCUT2D eigenvalue weighted by Gasteiger charge is -2.44. The number of aromatic nitrogens is 4. The molecule has 0 saturated carbocycles. The third-order valence-corrected chi connectivity index (χ3v) is 7.45. The summed E-state index contributed by atoms with van der Waals surface area (Å²) in [7, 11) is 0. The highest BCUT2D eigenvalue weighted by atomic mass is 35.5. The second-order valence-corrected chi connectivity index (χ2v) is 11.1. The van der Waals surface area contributed by atoms with E-state index >= 15 is 4.39 Å². The number of phenolic OH excluding ortho intramolecular Hbond substituents is 1. The van der Waals surface area contributed by atoms with Crippen LogP contribution in [0.25, 0.3) is 28.1 Å². The number of aromatic hydroxyl groups is 1. The maximum absolute atomic E-state index is 16.2. The zero-order valence-electron chi connectivity index (χ0n) is 24.6. The van der Waals surface area contributed by atoms with Crippen LogP contribution >= 0.6 is 23.2 Å². The second kappa shape index (κ2) is 10.6. The second-order valence-electron chi connectivity index (χ2n) is 10.2. The smallest absolute Gasteiger partial charge is 0.322 e. The molecule has 42 heavy (non-hydrogen) atoms. The maximum Gasteiger partial charge on any atom is 0.322 e. The van der Waals surface area contributed by atoms with E-state index < -0.39 is 48.1 Å². The first-order valence-corrected chi connectivity index (χ1v) is 13.4. The summed E-state index contributed by atoms with van der Waals surface area (Å²) >= 11 is 13.0. The van der Waals surface area contributed by atoms with Crippen LogP contribution in [0.5, 0.6) is 5.75 Å². The van der Waals surface area contributed by atoms with Crippen LogP contribution in [0.15, 0.2) is 58.5 Å². The van der Waals surface area contributed by atoms with E-state index in [1.54, 1.807) is 13.0 Å². The minimum absolute atomic E-state index is 0.00521. The fourth-order valence-corrected chi connectivity index (χ4v) is 5.37. The molecule has 4 heterocycles. The molecule has 1 aliphatic heterocycles. The number of benzene rings is 1. The largest absolute Gasteiger partial charge is 0.507 e. The summed E-state index contributed by atoms with van der Waals surface area (Å²) in [5, 5.41) is 10.5. The van der Waals surface area contributed by atoms with Crippen LogP contribution in [0.1, 0.15) is 33.8 Å². The molecule has 9 nitrogen and oxygen atoms in total. The first-order chi connectivity index (χ1) is 20.5. The Bertz CT molecular complexity index is 1990. The van der Waals surface area contributed by atoms with Crippen molar-refractivity contribution < 1.29 is 21.4 Å². The molecule has 5 rings (SSSR count). The lowest BCUT2D eigenvalue weighted by atomic mass is 9.95. The van der Waals surface area contributed by atoms with Crippen LogP contribution in [0.3, 0.4) is 0 Å². The highest BCUT2D eigenvalue weighted by Gasteiger charge is 2.47. The molecule has 1 aromatic carbocycles. The van der Waals surface area contributed by atoms with Crippen LogP contribution in [-0.4, -0.2) is 53.8 Å². The lowest BCUT2D eigenvalue weighted by molar-refractivity contribution is -0.143. The van der Waals surface area contributed by atoms with Gasteiger partial charge in [0.05, 0.1) is 60.5 Å². The molecule has 4 aromatic rings. The SMILES string of the molecule is [2H]C([2H])(n1c(=O)c(=O)n(-c2c(C)ccnc2C(C)C)c2nc(-c3c(O)cccc3Cl)c(Cl)cc21)C1(F)CN(C(=O)C(=C)F)C1. The predicted octanol–water partition coefficient (Wildman–Crippen LogP) is 5.09. The lowest BCUT2D eigenvalue weighted by Crippen LogP contribution is -2.63. The Morgan fingerprint density at radius 2 is 1.90 bits per heavy atom. The fraction of sp³-hybridized carbons (Fsp3) is 0.276. The summed E-state index contributed by atoms with van der Waals surface area (Å²) in [6.07, 6.45) is 1.53. The van der Waals surface area contributed by atoms with Crippen LogP contribution in [0, 0.1) is 6.92 Å². The summed E-state index contributed by atoms with van der Waals surface area (Å²) in [5.74, 6) is -3.15. The minimum Gasteiger partial charge on any atom is -0.507 e. The van der Waals surface area contributed by atoms with Crippen molar-refractivity contribution in [2.45, 2.75) is 38.9 Å². The molecule has 0 atom stereocenters. The molecule has 0 radical (unpaired) electrons. The number of halogens is 4. The molecule has 0 unspecified atom stereocenters. The Labute approximate surface area is 251 Å². The number of carbonyl (C=O) groups is 1. The van der Waals surface area contributed by atoms with E-state index in [4.69, 9.17) is 25.9 Å². The molecule has 0 aliphatic carbocycles. The number of aryl methyl sites for hydroxylation is 1. The molecule has 0 spiro atoms. The van der Waals surface area contributed by atoms with Gasteiger partial charge >= 0.3 is 11.1 Å². The van der Waals surface area contributed by atoms with Gasteiger partial charge in [0.15, 0.2) is 17.1 Å². The number of amides is 1. The molecule has 1 saturated heterocycles. The van der Waals surface area contributed by atoms with Gasteiger partial charge in [-0.05, 0) is 42.7 Å². The number of pyridine rings is 2. The Kier molecular flexibility index (Phi) is 6.78. The molecular formula is C29H25Cl2F2N5O4. The zero-order valence-corrected chi connectivity index (χ0v) is 24.1. The van der Waals surface area contributed by atoms with Crippen molar-refractivity contribution in [1.29, 1.82) is 0 Å². The van der Waals surface area contributed by atoms with Crippen molar-refractivity contribution in [2.75, 3.05) is 13.1 Å². The van der Waals surface area contributed by atoms with Crippen molar-refractivity contribution in [1.82, 2.24) is 24.0 Å². The normalized spacial score (nSPS) is 15.4. The van der Waals surface area contributed by atoms with E-state index in [9.17, 15) is 23.9 Å². The zero-order chi connectivity index (χ0) is 32.5. The number of rotatable bonds is 6. The van der Waals surface area contributed by atoms with E-state index in [0.29, 0.717) is 20.7 Å². The quantitative estimate of drug-likeness (QED) is 0.238. The van der Waals surface area contributed by atoms with E-state index in [2.05, 4.69) is 16.5 Å². The standard InChI is InChI=1S/C29H25Cl2F2N5O4/c1-14(2)22-24(15(3)8-9-34-22)38-25-19(10-18(31)23(35-25)21-17(30)6-5-7-20(21)39)37(27(41)28(38)42)13-29(33)11-36(12-29)26(40)16(4)32/h5-10,14,39H,4,11-13H2,1-3H3/i13D2. The highest BCUT2D eigenvalue weighted by Crippen LogP contribution is 2.40. The average molecular weight is 618 g/mol. The van der Waals surface area contributed by atoms with Gasteiger partial charge in [0.25, 0.3) is 5.91 Å².